The van der Waals surface area contributed by atoms with E-state index in [2.05, 4.69) is 27.4 Å². The van der Waals surface area contributed by atoms with Crippen LogP contribution in [-0.2, 0) is 9.47 Å². The second-order valence-corrected chi connectivity index (χ2v) is 6.80. The van der Waals surface area contributed by atoms with Crippen LogP contribution in [0.4, 0.5) is 0 Å². The van der Waals surface area contributed by atoms with Crippen molar-refractivity contribution >= 4 is 5.96 Å². The maximum Gasteiger partial charge on any atom is 0.190 e. The molecule has 0 radical (unpaired) electrons. The van der Waals surface area contributed by atoms with Gasteiger partial charge in [-0.1, -0.05) is 6.92 Å². The maximum atomic E-state index is 5.77. The standard InChI is InChI=1S/C18H36N4O2/c1-3-22-11-6-16(7-12-22)5-10-21-18(19-2)20-9-4-13-24-17-8-14-23-15-17/h16-17H,3-15H2,1-2H3,(H2,19,20,21). The third-order valence-corrected chi connectivity index (χ3v) is 5.08. The number of ether oxygens (including phenoxy) is 2. The minimum absolute atomic E-state index is 0.307. The van der Waals surface area contributed by atoms with Crippen LogP contribution in [0.15, 0.2) is 4.99 Å². The summed E-state index contributed by atoms with van der Waals surface area (Å²) in [5.74, 6) is 1.77. The number of hydrogen-bond donors (Lipinski definition) is 2. The highest BCUT2D eigenvalue weighted by Gasteiger charge is 2.17. The van der Waals surface area contributed by atoms with Crippen LogP contribution in [0, 0.1) is 5.92 Å². The second-order valence-electron chi connectivity index (χ2n) is 6.80. The zero-order valence-corrected chi connectivity index (χ0v) is 15.6. The number of nitrogens with one attached hydrogen (secondary N) is 2. The first kappa shape index (κ1) is 19.5. The van der Waals surface area contributed by atoms with Crippen LogP contribution in [-0.4, -0.2) is 76.6 Å². The summed E-state index contributed by atoms with van der Waals surface area (Å²) in [6.45, 7) is 10.3. The van der Waals surface area contributed by atoms with Crippen molar-refractivity contribution in [2.24, 2.45) is 10.9 Å². The van der Waals surface area contributed by atoms with E-state index in [1.807, 2.05) is 7.05 Å². The average Bonchev–Trinajstić information content (AvgIpc) is 3.14. The Labute approximate surface area is 147 Å². The zero-order chi connectivity index (χ0) is 17.0. The molecule has 2 aliphatic heterocycles. The van der Waals surface area contributed by atoms with Gasteiger partial charge in [-0.2, -0.15) is 0 Å². The Kier molecular flexibility index (Phi) is 9.46. The van der Waals surface area contributed by atoms with Crippen molar-refractivity contribution < 1.29 is 9.47 Å². The van der Waals surface area contributed by atoms with E-state index in [0.29, 0.717) is 6.10 Å². The summed E-state index contributed by atoms with van der Waals surface area (Å²) in [4.78, 5) is 6.84. The molecule has 6 nitrogen and oxygen atoms in total. The van der Waals surface area contributed by atoms with Crippen molar-refractivity contribution in [3.8, 4) is 0 Å². The molecule has 140 valence electrons. The lowest BCUT2D eigenvalue weighted by Crippen LogP contribution is -2.40. The molecule has 0 aromatic rings. The van der Waals surface area contributed by atoms with Crippen molar-refractivity contribution in [1.29, 1.82) is 0 Å². The highest BCUT2D eigenvalue weighted by Crippen LogP contribution is 2.19. The third-order valence-electron chi connectivity index (χ3n) is 5.08. The maximum absolute atomic E-state index is 5.77. The van der Waals surface area contributed by atoms with Crippen LogP contribution in [0.1, 0.15) is 39.0 Å². The quantitative estimate of drug-likeness (QED) is 0.378. The third kappa shape index (κ3) is 7.36. The van der Waals surface area contributed by atoms with E-state index in [-0.39, 0.29) is 0 Å². The molecule has 1 atom stereocenters. The van der Waals surface area contributed by atoms with Gasteiger partial charge in [-0.15, -0.1) is 0 Å². The molecule has 0 aromatic heterocycles. The molecule has 24 heavy (non-hydrogen) atoms. The lowest BCUT2D eigenvalue weighted by Gasteiger charge is -2.31. The summed E-state index contributed by atoms with van der Waals surface area (Å²) in [5.41, 5.74) is 0. The molecular weight excluding hydrogens is 304 g/mol. The van der Waals surface area contributed by atoms with Crippen molar-refractivity contribution in [3.05, 3.63) is 0 Å². The van der Waals surface area contributed by atoms with Crippen LogP contribution in [0.25, 0.3) is 0 Å². The van der Waals surface area contributed by atoms with Crippen LogP contribution >= 0.6 is 0 Å². The lowest BCUT2D eigenvalue weighted by molar-refractivity contribution is 0.0420. The molecular formula is C18H36N4O2. The Balaban J connectivity index is 1.46. The highest BCUT2D eigenvalue weighted by atomic mass is 16.5. The number of rotatable bonds is 9. The molecule has 0 aromatic carbocycles. The molecule has 0 spiro atoms. The van der Waals surface area contributed by atoms with E-state index < -0.39 is 0 Å². The van der Waals surface area contributed by atoms with Crippen molar-refractivity contribution in [2.45, 2.75) is 45.1 Å². The monoisotopic (exact) mass is 340 g/mol. The van der Waals surface area contributed by atoms with Gasteiger partial charge >= 0.3 is 0 Å². The van der Waals surface area contributed by atoms with E-state index in [1.165, 1.54) is 38.9 Å². The Morgan fingerprint density at radius 2 is 2.00 bits per heavy atom. The zero-order valence-electron chi connectivity index (χ0n) is 15.6. The van der Waals surface area contributed by atoms with Crippen LogP contribution in [0.3, 0.4) is 0 Å². The first-order valence-corrected chi connectivity index (χ1v) is 9.68. The first-order chi connectivity index (χ1) is 11.8. The molecule has 0 bridgehead atoms. The summed E-state index contributed by atoms with van der Waals surface area (Å²) < 4.78 is 11.1. The normalized spacial score (nSPS) is 23.6. The Morgan fingerprint density at radius 3 is 2.67 bits per heavy atom. The van der Waals surface area contributed by atoms with Gasteiger partial charge in [0.1, 0.15) is 0 Å². The summed E-state index contributed by atoms with van der Waals surface area (Å²) in [6, 6.07) is 0. The van der Waals surface area contributed by atoms with Gasteiger partial charge in [-0.05, 0) is 57.7 Å². The van der Waals surface area contributed by atoms with Crippen LogP contribution in [0.2, 0.25) is 0 Å². The van der Waals surface area contributed by atoms with Crippen LogP contribution in [0.5, 0.6) is 0 Å². The van der Waals surface area contributed by atoms with Gasteiger partial charge in [0, 0.05) is 33.4 Å². The number of likely N-dealkylation sites (tertiary alicyclic amines) is 1. The summed E-state index contributed by atoms with van der Waals surface area (Å²) in [6.07, 6.45) is 6.25. The fraction of sp³-hybridized carbons (Fsp3) is 0.944. The topological polar surface area (TPSA) is 58.1 Å². The molecule has 1 unspecified atom stereocenters. The second kappa shape index (κ2) is 11.7. The van der Waals surface area contributed by atoms with Gasteiger partial charge in [0.2, 0.25) is 0 Å². The SMILES string of the molecule is CCN1CCC(CCNC(=NC)NCCCOC2CCOC2)CC1. The largest absolute Gasteiger partial charge is 0.379 e. The molecule has 2 N–H and O–H groups in total. The van der Waals surface area contributed by atoms with Crippen molar-refractivity contribution in [3.63, 3.8) is 0 Å². The number of hydrogen-bond acceptors (Lipinski definition) is 4. The van der Waals surface area contributed by atoms with Gasteiger partial charge in [-0.3, -0.25) is 4.99 Å². The van der Waals surface area contributed by atoms with Gasteiger partial charge in [0.15, 0.2) is 5.96 Å². The molecule has 2 saturated heterocycles. The fourth-order valence-corrected chi connectivity index (χ4v) is 3.38. The Bertz CT molecular complexity index is 351. The number of piperidine rings is 1. The number of guanidine groups is 1. The Hall–Kier alpha value is -0.850. The fourth-order valence-electron chi connectivity index (χ4n) is 3.38. The smallest absolute Gasteiger partial charge is 0.190 e. The van der Waals surface area contributed by atoms with E-state index in [0.717, 1.165) is 57.6 Å². The predicted molar refractivity (Wildman–Crippen MR) is 98.6 cm³/mol. The molecule has 0 aliphatic carbocycles. The van der Waals surface area contributed by atoms with E-state index in [1.54, 1.807) is 0 Å². The number of aliphatic imine (C=N–C) groups is 1. The average molecular weight is 341 g/mol. The summed E-state index contributed by atoms with van der Waals surface area (Å²) >= 11 is 0. The minimum Gasteiger partial charge on any atom is -0.379 e. The van der Waals surface area contributed by atoms with E-state index >= 15 is 0 Å². The Morgan fingerprint density at radius 1 is 1.21 bits per heavy atom. The predicted octanol–water partition coefficient (Wildman–Crippen LogP) is 1.47. The summed E-state index contributed by atoms with van der Waals surface area (Å²) in [5, 5.41) is 6.81. The van der Waals surface area contributed by atoms with E-state index in [9.17, 15) is 0 Å². The molecule has 2 aliphatic rings. The molecule has 2 rings (SSSR count). The molecule has 2 heterocycles. The molecule has 0 saturated carbocycles. The number of nitrogens with zero attached hydrogens (tertiary/aromatic N) is 2. The van der Waals surface area contributed by atoms with Crippen molar-refractivity contribution in [1.82, 2.24) is 15.5 Å². The summed E-state index contributed by atoms with van der Waals surface area (Å²) in [7, 11) is 1.83. The molecule has 0 amide bonds. The van der Waals surface area contributed by atoms with Gasteiger partial charge in [0.25, 0.3) is 0 Å². The minimum atomic E-state index is 0.307. The van der Waals surface area contributed by atoms with Gasteiger partial charge in [0.05, 0.1) is 12.7 Å². The van der Waals surface area contributed by atoms with Gasteiger partial charge in [-0.25, -0.2) is 0 Å². The van der Waals surface area contributed by atoms with Gasteiger partial charge < -0.3 is 25.0 Å². The van der Waals surface area contributed by atoms with Crippen molar-refractivity contribution in [2.75, 3.05) is 59.6 Å². The first-order valence-electron chi connectivity index (χ1n) is 9.68. The lowest BCUT2D eigenvalue weighted by atomic mass is 9.93. The highest BCUT2D eigenvalue weighted by molar-refractivity contribution is 5.79. The van der Waals surface area contributed by atoms with Crippen LogP contribution < -0.4 is 10.6 Å². The molecule has 6 heteroatoms. The molecule has 2 fully saturated rings. The van der Waals surface area contributed by atoms with E-state index in [4.69, 9.17) is 9.47 Å².